The van der Waals surface area contributed by atoms with Gasteiger partial charge in [0.05, 0.1) is 12.2 Å². The van der Waals surface area contributed by atoms with Gasteiger partial charge in [0.2, 0.25) is 5.91 Å². The van der Waals surface area contributed by atoms with E-state index in [2.05, 4.69) is 51.8 Å². The lowest BCUT2D eigenvalue weighted by Crippen LogP contribution is -2.46. The quantitative estimate of drug-likeness (QED) is 0.734. The van der Waals surface area contributed by atoms with Crippen molar-refractivity contribution in [2.75, 3.05) is 0 Å². The van der Waals surface area contributed by atoms with Crippen LogP contribution in [0.25, 0.3) is 0 Å². The summed E-state index contributed by atoms with van der Waals surface area (Å²) < 4.78 is 0. The summed E-state index contributed by atoms with van der Waals surface area (Å²) in [6.07, 6.45) is 5.82. The molecule has 0 aromatic heterocycles. The van der Waals surface area contributed by atoms with Crippen LogP contribution in [0, 0.1) is 11.8 Å². The van der Waals surface area contributed by atoms with Crippen LogP contribution in [0.1, 0.15) is 73.6 Å². The summed E-state index contributed by atoms with van der Waals surface area (Å²) in [5.41, 5.74) is 0. The lowest BCUT2D eigenvalue weighted by atomic mass is 10.0. The Balaban J connectivity index is 2.65. The number of rotatable bonds is 8. The SMILES string of the molecule is CCCC1NC(C(C)C)N(C(C)CCCC(C)C)C1=O. The summed E-state index contributed by atoms with van der Waals surface area (Å²) in [5.74, 6) is 1.54. The summed E-state index contributed by atoms with van der Waals surface area (Å²) in [4.78, 5) is 14.7. The largest absolute Gasteiger partial charge is 0.323 e. The van der Waals surface area contributed by atoms with Crippen LogP contribution >= 0.6 is 0 Å². The van der Waals surface area contributed by atoms with Gasteiger partial charge >= 0.3 is 0 Å². The van der Waals surface area contributed by atoms with Gasteiger partial charge in [0.25, 0.3) is 0 Å². The first-order valence-corrected chi connectivity index (χ1v) is 8.46. The molecule has 0 saturated carbocycles. The van der Waals surface area contributed by atoms with E-state index in [4.69, 9.17) is 0 Å². The van der Waals surface area contributed by atoms with Crippen LogP contribution in [0.2, 0.25) is 0 Å². The molecule has 20 heavy (non-hydrogen) atoms. The Morgan fingerprint density at radius 3 is 2.30 bits per heavy atom. The van der Waals surface area contributed by atoms with Gasteiger partial charge in [-0.3, -0.25) is 10.1 Å². The average molecular weight is 282 g/mol. The third kappa shape index (κ3) is 4.47. The van der Waals surface area contributed by atoms with Crippen LogP contribution < -0.4 is 5.32 Å². The van der Waals surface area contributed by atoms with Gasteiger partial charge in [-0.1, -0.05) is 53.9 Å². The zero-order valence-electron chi connectivity index (χ0n) is 14.3. The van der Waals surface area contributed by atoms with E-state index in [1.165, 1.54) is 12.8 Å². The van der Waals surface area contributed by atoms with E-state index < -0.39 is 0 Å². The molecular weight excluding hydrogens is 248 g/mol. The molecule has 1 saturated heterocycles. The molecule has 0 aromatic rings. The Morgan fingerprint density at radius 2 is 1.80 bits per heavy atom. The maximum absolute atomic E-state index is 12.6. The number of nitrogens with zero attached hydrogens (tertiary/aromatic N) is 1. The molecule has 0 aliphatic carbocycles. The Hall–Kier alpha value is -0.570. The van der Waals surface area contributed by atoms with Crippen LogP contribution in [0.5, 0.6) is 0 Å². The van der Waals surface area contributed by atoms with Gasteiger partial charge in [0.1, 0.15) is 0 Å². The molecule has 3 heteroatoms. The smallest absolute Gasteiger partial charge is 0.241 e. The van der Waals surface area contributed by atoms with Gasteiger partial charge < -0.3 is 4.90 Å². The van der Waals surface area contributed by atoms with Gasteiger partial charge in [0, 0.05) is 6.04 Å². The van der Waals surface area contributed by atoms with Gasteiger partial charge in [-0.05, 0) is 31.6 Å². The number of carbonyl (C=O) groups is 1. The Labute approximate surface area is 125 Å². The zero-order chi connectivity index (χ0) is 15.3. The minimum absolute atomic E-state index is 0.0416. The first-order valence-electron chi connectivity index (χ1n) is 8.46. The lowest BCUT2D eigenvalue weighted by molar-refractivity contribution is -0.132. The second kappa shape index (κ2) is 8.02. The molecule has 1 heterocycles. The third-order valence-electron chi connectivity index (χ3n) is 4.31. The molecule has 0 bridgehead atoms. The number of amides is 1. The molecule has 0 spiro atoms. The fourth-order valence-electron chi connectivity index (χ4n) is 3.14. The molecule has 1 aliphatic rings. The van der Waals surface area contributed by atoms with E-state index in [1.54, 1.807) is 0 Å². The third-order valence-corrected chi connectivity index (χ3v) is 4.31. The molecule has 3 atom stereocenters. The van der Waals surface area contributed by atoms with Crippen LogP contribution in [0.3, 0.4) is 0 Å². The van der Waals surface area contributed by atoms with Crippen molar-refractivity contribution in [1.82, 2.24) is 10.2 Å². The van der Waals surface area contributed by atoms with Crippen molar-refractivity contribution in [3.63, 3.8) is 0 Å². The summed E-state index contributed by atoms with van der Waals surface area (Å²) in [6, 6.07) is 0.392. The van der Waals surface area contributed by atoms with Crippen molar-refractivity contribution < 1.29 is 4.79 Å². The topological polar surface area (TPSA) is 32.3 Å². The van der Waals surface area contributed by atoms with E-state index in [-0.39, 0.29) is 12.2 Å². The second-order valence-corrected chi connectivity index (χ2v) is 7.12. The van der Waals surface area contributed by atoms with Gasteiger partial charge in [0.15, 0.2) is 0 Å². The summed E-state index contributed by atoms with van der Waals surface area (Å²) >= 11 is 0. The highest BCUT2D eigenvalue weighted by Gasteiger charge is 2.41. The normalized spacial score (nSPS) is 25.0. The standard InChI is InChI=1S/C17H34N2O/c1-7-9-15-17(20)19(16(18-15)13(4)5)14(6)11-8-10-12(2)3/h12-16,18H,7-11H2,1-6H3. The fraction of sp³-hybridized carbons (Fsp3) is 0.941. The molecule has 3 unspecified atom stereocenters. The molecule has 3 nitrogen and oxygen atoms in total. The number of hydrogen-bond donors (Lipinski definition) is 1. The minimum Gasteiger partial charge on any atom is -0.323 e. The van der Waals surface area contributed by atoms with Crippen molar-refractivity contribution >= 4 is 5.91 Å². The van der Waals surface area contributed by atoms with Crippen molar-refractivity contribution in [2.24, 2.45) is 11.8 Å². The number of carbonyl (C=O) groups excluding carboxylic acids is 1. The molecule has 0 aromatic carbocycles. The highest BCUT2D eigenvalue weighted by molar-refractivity contribution is 5.84. The Bertz CT molecular complexity index is 301. The Morgan fingerprint density at radius 1 is 1.15 bits per heavy atom. The monoisotopic (exact) mass is 282 g/mol. The highest BCUT2D eigenvalue weighted by Crippen LogP contribution is 2.25. The maximum Gasteiger partial charge on any atom is 0.241 e. The van der Waals surface area contributed by atoms with E-state index in [1.807, 2.05) is 0 Å². The van der Waals surface area contributed by atoms with Crippen LogP contribution in [0.15, 0.2) is 0 Å². The van der Waals surface area contributed by atoms with Gasteiger partial charge in [-0.2, -0.15) is 0 Å². The first kappa shape index (κ1) is 17.5. The molecular formula is C17H34N2O. The van der Waals surface area contributed by atoms with Gasteiger partial charge in [-0.15, -0.1) is 0 Å². The Kier molecular flexibility index (Phi) is 7.01. The van der Waals surface area contributed by atoms with Crippen LogP contribution in [0.4, 0.5) is 0 Å². The molecule has 1 rings (SSSR count). The van der Waals surface area contributed by atoms with Crippen LogP contribution in [-0.2, 0) is 4.79 Å². The van der Waals surface area contributed by atoms with Crippen molar-refractivity contribution in [1.29, 1.82) is 0 Å². The van der Waals surface area contributed by atoms with Crippen LogP contribution in [-0.4, -0.2) is 29.1 Å². The molecule has 118 valence electrons. The maximum atomic E-state index is 12.6. The van der Waals surface area contributed by atoms with E-state index in [0.717, 1.165) is 25.2 Å². The summed E-state index contributed by atoms with van der Waals surface area (Å²) in [5, 5.41) is 3.55. The number of nitrogens with one attached hydrogen (secondary N) is 1. The predicted octanol–water partition coefficient (Wildman–Crippen LogP) is 3.78. The summed E-state index contributed by atoms with van der Waals surface area (Å²) in [7, 11) is 0. The predicted molar refractivity (Wildman–Crippen MR) is 85.5 cm³/mol. The summed E-state index contributed by atoms with van der Waals surface area (Å²) in [6.45, 7) is 13.3. The first-order chi connectivity index (χ1) is 9.38. The second-order valence-electron chi connectivity index (χ2n) is 7.12. The molecule has 1 aliphatic heterocycles. The highest BCUT2D eigenvalue weighted by atomic mass is 16.2. The molecule has 1 fully saturated rings. The van der Waals surface area contributed by atoms with E-state index >= 15 is 0 Å². The molecule has 1 N–H and O–H groups in total. The average Bonchev–Trinajstić information content (AvgIpc) is 2.67. The van der Waals surface area contributed by atoms with Crippen molar-refractivity contribution in [3.05, 3.63) is 0 Å². The van der Waals surface area contributed by atoms with E-state index in [0.29, 0.717) is 17.9 Å². The van der Waals surface area contributed by atoms with Crippen molar-refractivity contribution in [2.45, 2.75) is 91.9 Å². The van der Waals surface area contributed by atoms with Crippen molar-refractivity contribution in [3.8, 4) is 0 Å². The zero-order valence-corrected chi connectivity index (χ0v) is 14.3. The number of hydrogen-bond acceptors (Lipinski definition) is 2. The minimum atomic E-state index is 0.0416. The van der Waals surface area contributed by atoms with E-state index in [9.17, 15) is 4.79 Å². The fourth-order valence-corrected chi connectivity index (χ4v) is 3.14. The molecule has 0 radical (unpaired) electrons. The van der Waals surface area contributed by atoms with Gasteiger partial charge in [-0.25, -0.2) is 0 Å². The molecule has 1 amide bonds. The lowest BCUT2D eigenvalue weighted by Gasteiger charge is -2.33.